The van der Waals surface area contributed by atoms with Crippen molar-refractivity contribution in [2.24, 2.45) is 5.92 Å². The van der Waals surface area contributed by atoms with Gasteiger partial charge >= 0.3 is 5.69 Å². The van der Waals surface area contributed by atoms with Gasteiger partial charge in [-0.1, -0.05) is 23.7 Å². The summed E-state index contributed by atoms with van der Waals surface area (Å²) in [6, 6.07) is 13.5. The highest BCUT2D eigenvalue weighted by atomic mass is 35.5. The maximum atomic E-state index is 13.8. The molecule has 1 aromatic carbocycles. The Kier molecular flexibility index (Phi) is 8.07. The predicted molar refractivity (Wildman–Crippen MR) is 160 cm³/mol. The average Bonchev–Trinajstić information content (AvgIpc) is 3.61. The van der Waals surface area contributed by atoms with Crippen molar-refractivity contribution in [1.82, 2.24) is 24.4 Å². The Hall–Kier alpha value is -3.69. The van der Waals surface area contributed by atoms with Crippen LogP contribution in [0, 0.1) is 12.8 Å². The molecule has 214 valence electrons. The molecular weight excluding hydrogens is 540 g/mol. The summed E-state index contributed by atoms with van der Waals surface area (Å²) < 4.78 is 9.32. The van der Waals surface area contributed by atoms with Crippen LogP contribution in [-0.2, 0) is 11.3 Å². The zero-order chi connectivity index (χ0) is 28.3. The molecule has 0 bridgehead atoms. The molecule has 0 spiro atoms. The molecule has 1 saturated carbocycles. The van der Waals surface area contributed by atoms with Crippen molar-refractivity contribution in [2.75, 3.05) is 18.5 Å². The Balaban J connectivity index is 1.13. The number of halogens is 1. The number of fused-ring (bicyclic) bond motifs is 1. The summed E-state index contributed by atoms with van der Waals surface area (Å²) >= 11 is 6.05. The van der Waals surface area contributed by atoms with E-state index in [0.29, 0.717) is 28.7 Å². The topological polar surface area (TPSA) is 103 Å². The van der Waals surface area contributed by atoms with E-state index in [4.69, 9.17) is 16.3 Å². The number of anilines is 1. The third kappa shape index (κ3) is 6.01. The summed E-state index contributed by atoms with van der Waals surface area (Å²) in [5, 5.41) is 6.95. The zero-order valence-electron chi connectivity index (χ0n) is 23.2. The third-order valence-electron chi connectivity index (χ3n) is 8.30. The van der Waals surface area contributed by atoms with Crippen LogP contribution in [0.1, 0.15) is 54.6 Å². The maximum absolute atomic E-state index is 13.8. The molecule has 3 aromatic heterocycles. The number of aryl methyl sites for hydroxylation is 1. The van der Waals surface area contributed by atoms with Gasteiger partial charge in [-0.2, -0.15) is 0 Å². The van der Waals surface area contributed by atoms with Crippen LogP contribution in [0.4, 0.5) is 5.82 Å². The van der Waals surface area contributed by atoms with Crippen LogP contribution in [0.2, 0.25) is 5.02 Å². The fourth-order valence-corrected chi connectivity index (χ4v) is 6.19. The van der Waals surface area contributed by atoms with Gasteiger partial charge in [-0.15, -0.1) is 0 Å². The van der Waals surface area contributed by atoms with Gasteiger partial charge in [-0.05, 0) is 81.7 Å². The Bertz CT molecular complexity index is 1580. The molecule has 1 aliphatic heterocycles. The number of nitrogens with zero attached hydrogens (tertiary/aromatic N) is 4. The molecule has 1 saturated heterocycles. The van der Waals surface area contributed by atoms with E-state index < -0.39 is 0 Å². The number of hydrogen-bond acceptors (Lipinski definition) is 6. The molecule has 1 amide bonds. The number of hydrogen-bond donors (Lipinski definition) is 2. The molecule has 0 radical (unpaired) electrons. The van der Waals surface area contributed by atoms with Gasteiger partial charge in [0.1, 0.15) is 5.82 Å². The van der Waals surface area contributed by atoms with Gasteiger partial charge in [0.05, 0.1) is 45.3 Å². The van der Waals surface area contributed by atoms with Crippen molar-refractivity contribution in [1.29, 1.82) is 0 Å². The van der Waals surface area contributed by atoms with E-state index >= 15 is 0 Å². The molecule has 41 heavy (non-hydrogen) atoms. The summed E-state index contributed by atoms with van der Waals surface area (Å²) in [5.41, 5.74) is 3.64. The van der Waals surface area contributed by atoms with Crippen molar-refractivity contribution in [3.63, 3.8) is 0 Å². The Morgan fingerprint density at radius 2 is 1.85 bits per heavy atom. The highest BCUT2D eigenvalue weighted by Crippen LogP contribution is 2.28. The first-order valence-corrected chi connectivity index (χ1v) is 14.8. The van der Waals surface area contributed by atoms with Crippen LogP contribution in [0.25, 0.3) is 16.7 Å². The van der Waals surface area contributed by atoms with Gasteiger partial charge in [-0.25, -0.2) is 9.78 Å². The second-order valence-corrected chi connectivity index (χ2v) is 11.5. The molecule has 9 nitrogen and oxygen atoms in total. The van der Waals surface area contributed by atoms with Gasteiger partial charge in [0.25, 0.3) is 5.91 Å². The molecule has 0 unspecified atom stereocenters. The minimum atomic E-state index is -0.137. The molecular formula is C31H35ClN6O3. The number of benzene rings is 1. The third-order valence-corrected chi connectivity index (χ3v) is 8.50. The van der Waals surface area contributed by atoms with E-state index in [9.17, 15) is 9.59 Å². The zero-order valence-corrected chi connectivity index (χ0v) is 23.9. The Morgan fingerprint density at radius 1 is 1.05 bits per heavy atom. The lowest BCUT2D eigenvalue weighted by Crippen LogP contribution is -2.39. The number of imidazole rings is 1. The monoisotopic (exact) mass is 574 g/mol. The van der Waals surface area contributed by atoms with Crippen LogP contribution < -0.4 is 16.3 Å². The van der Waals surface area contributed by atoms with E-state index in [1.54, 1.807) is 23.0 Å². The van der Waals surface area contributed by atoms with E-state index in [1.807, 2.05) is 47.9 Å². The van der Waals surface area contributed by atoms with Gasteiger partial charge < -0.3 is 15.4 Å². The second-order valence-electron chi connectivity index (χ2n) is 11.1. The molecule has 1 atom stereocenters. The summed E-state index contributed by atoms with van der Waals surface area (Å²) in [7, 11) is 0. The van der Waals surface area contributed by atoms with Crippen LogP contribution in [0.15, 0.2) is 59.7 Å². The maximum Gasteiger partial charge on any atom is 0.333 e. The number of carbonyl (C=O) groups excluding carboxylic acids is 1. The predicted octanol–water partition coefficient (Wildman–Crippen LogP) is 5.12. The van der Waals surface area contributed by atoms with Gasteiger partial charge in [-0.3, -0.25) is 18.9 Å². The lowest BCUT2D eigenvalue weighted by atomic mass is 9.85. The second kappa shape index (κ2) is 12.0. The fraction of sp³-hybridized carbons (Fsp3) is 0.419. The van der Waals surface area contributed by atoms with E-state index in [2.05, 4.69) is 20.6 Å². The number of rotatable bonds is 8. The van der Waals surface area contributed by atoms with E-state index in [0.717, 1.165) is 74.2 Å². The first-order chi connectivity index (χ1) is 20.0. The Labute approximate surface area is 243 Å². The Morgan fingerprint density at radius 3 is 2.59 bits per heavy atom. The summed E-state index contributed by atoms with van der Waals surface area (Å²) in [6.45, 7) is 4.00. The van der Waals surface area contributed by atoms with Crippen molar-refractivity contribution in [3.05, 3.63) is 81.6 Å². The quantitative estimate of drug-likeness (QED) is 0.303. The SMILES string of the molecule is Cc1ncc(Cl)cc1C(=O)NC1CCC(Cn2c(=O)n(-c3ccc(NC[C@H]4CCCO4)nc3)c3ccccc32)CC1. The minimum Gasteiger partial charge on any atom is -0.376 e. The van der Waals surface area contributed by atoms with Crippen molar-refractivity contribution in [3.8, 4) is 5.69 Å². The average molecular weight is 575 g/mol. The smallest absolute Gasteiger partial charge is 0.333 e. The molecule has 2 N–H and O–H groups in total. The number of pyridine rings is 2. The number of ether oxygens (including phenoxy) is 1. The fourth-order valence-electron chi connectivity index (χ4n) is 6.03. The number of para-hydroxylation sites is 2. The standard InChI is InChI=1S/C31H35ClN6O3/c1-20-26(15-22(32)16-33-20)30(39)36-23-10-8-21(9-11-23)19-37-27-6-2-3-7-28(27)38(31(37)40)24-12-13-29(34-17-24)35-18-25-5-4-14-41-25/h2-3,6-7,12-13,15-17,21,23,25H,4-5,8-11,14,18-19H2,1H3,(H,34,35)(H,36,39)/t21?,23?,25-/m1/s1. The summed E-state index contributed by atoms with van der Waals surface area (Å²) in [4.78, 5) is 35.4. The number of nitrogens with one attached hydrogen (secondary N) is 2. The molecule has 10 heteroatoms. The summed E-state index contributed by atoms with van der Waals surface area (Å²) in [6.07, 6.45) is 9.28. The largest absolute Gasteiger partial charge is 0.376 e. The highest BCUT2D eigenvalue weighted by Gasteiger charge is 2.26. The normalized spacial score (nSPS) is 20.8. The van der Waals surface area contributed by atoms with Crippen LogP contribution >= 0.6 is 11.6 Å². The number of amides is 1. The lowest BCUT2D eigenvalue weighted by molar-refractivity contribution is 0.0919. The molecule has 2 fully saturated rings. The van der Waals surface area contributed by atoms with Gasteiger partial charge in [0.2, 0.25) is 0 Å². The van der Waals surface area contributed by atoms with E-state index in [-0.39, 0.29) is 23.7 Å². The van der Waals surface area contributed by atoms with Crippen molar-refractivity contribution in [2.45, 2.75) is 64.1 Å². The molecule has 1 aliphatic carbocycles. The summed E-state index contributed by atoms with van der Waals surface area (Å²) in [5.74, 6) is 0.978. The highest BCUT2D eigenvalue weighted by molar-refractivity contribution is 6.30. The number of aromatic nitrogens is 4. The minimum absolute atomic E-state index is 0.0626. The lowest BCUT2D eigenvalue weighted by Gasteiger charge is -2.29. The molecule has 4 aromatic rings. The van der Waals surface area contributed by atoms with Gasteiger partial charge in [0.15, 0.2) is 0 Å². The van der Waals surface area contributed by atoms with Crippen LogP contribution in [-0.4, -0.2) is 50.3 Å². The molecule has 4 heterocycles. The van der Waals surface area contributed by atoms with Crippen LogP contribution in [0.3, 0.4) is 0 Å². The van der Waals surface area contributed by atoms with Crippen molar-refractivity contribution >= 4 is 34.4 Å². The van der Waals surface area contributed by atoms with Gasteiger partial charge in [0, 0.05) is 31.9 Å². The van der Waals surface area contributed by atoms with E-state index in [1.165, 1.54) is 0 Å². The van der Waals surface area contributed by atoms with Crippen molar-refractivity contribution < 1.29 is 9.53 Å². The number of carbonyl (C=O) groups is 1. The first kappa shape index (κ1) is 27.5. The first-order valence-electron chi connectivity index (χ1n) is 14.4. The van der Waals surface area contributed by atoms with Crippen LogP contribution in [0.5, 0.6) is 0 Å². The molecule has 6 rings (SSSR count). The molecule has 2 aliphatic rings.